The lowest BCUT2D eigenvalue weighted by atomic mass is 9.97. The normalized spacial score (nSPS) is 19.3. The maximum atomic E-state index is 12.8. The van der Waals surface area contributed by atoms with Crippen molar-refractivity contribution in [3.8, 4) is 0 Å². The zero-order valence-corrected chi connectivity index (χ0v) is 21.5. The Hall–Kier alpha value is -3.42. The van der Waals surface area contributed by atoms with Crippen LogP contribution in [-0.4, -0.2) is 33.0 Å². The average Bonchev–Trinajstić information content (AvgIpc) is 3.44. The van der Waals surface area contributed by atoms with Crippen LogP contribution in [0.25, 0.3) is 0 Å². The molecule has 0 saturated carbocycles. The second kappa shape index (κ2) is 10.3. The molecule has 0 aliphatic carbocycles. The van der Waals surface area contributed by atoms with Crippen LogP contribution < -0.4 is 5.32 Å². The fourth-order valence-electron chi connectivity index (χ4n) is 4.21. The van der Waals surface area contributed by atoms with Gasteiger partial charge < -0.3 is 5.32 Å². The SMILES string of the molecule is Cc1ccc(C2=NN(C3=NC(=O)C(CC(=O)Nc4cccc(Cl)c4)S3)C(c3ccc(C)cc3)C2)cc1. The highest BCUT2D eigenvalue weighted by atomic mass is 35.5. The average molecular weight is 517 g/mol. The van der Waals surface area contributed by atoms with Crippen molar-refractivity contribution in [2.24, 2.45) is 10.1 Å². The predicted molar refractivity (Wildman–Crippen MR) is 147 cm³/mol. The van der Waals surface area contributed by atoms with E-state index < -0.39 is 5.25 Å². The Morgan fingerprint density at radius 1 is 1.06 bits per heavy atom. The van der Waals surface area contributed by atoms with Gasteiger partial charge in [-0.05, 0) is 43.2 Å². The van der Waals surface area contributed by atoms with Gasteiger partial charge in [-0.15, -0.1) is 0 Å². The summed E-state index contributed by atoms with van der Waals surface area (Å²) in [7, 11) is 0. The Bertz CT molecular complexity index is 1370. The molecule has 2 heterocycles. The van der Waals surface area contributed by atoms with Crippen molar-refractivity contribution >= 4 is 51.7 Å². The molecule has 0 radical (unpaired) electrons. The molecule has 0 saturated heterocycles. The van der Waals surface area contributed by atoms with Gasteiger partial charge in [0.25, 0.3) is 5.91 Å². The van der Waals surface area contributed by atoms with Gasteiger partial charge in [0.15, 0.2) is 5.17 Å². The zero-order valence-electron chi connectivity index (χ0n) is 19.9. The van der Waals surface area contributed by atoms with E-state index in [-0.39, 0.29) is 24.3 Å². The molecule has 2 aliphatic heterocycles. The first-order valence-electron chi connectivity index (χ1n) is 11.7. The third-order valence-electron chi connectivity index (χ3n) is 6.16. The monoisotopic (exact) mass is 516 g/mol. The maximum absolute atomic E-state index is 12.8. The fourth-order valence-corrected chi connectivity index (χ4v) is 5.46. The number of anilines is 1. The van der Waals surface area contributed by atoms with E-state index in [4.69, 9.17) is 16.7 Å². The van der Waals surface area contributed by atoms with Crippen molar-refractivity contribution < 1.29 is 9.59 Å². The van der Waals surface area contributed by atoms with Crippen molar-refractivity contribution in [1.82, 2.24) is 5.01 Å². The Morgan fingerprint density at radius 2 is 1.75 bits per heavy atom. The molecule has 182 valence electrons. The highest BCUT2D eigenvalue weighted by Gasteiger charge is 2.39. The van der Waals surface area contributed by atoms with E-state index in [0.717, 1.165) is 16.8 Å². The number of hydrogen-bond donors (Lipinski definition) is 1. The van der Waals surface area contributed by atoms with E-state index in [0.29, 0.717) is 22.3 Å². The Kier molecular flexibility index (Phi) is 6.94. The minimum Gasteiger partial charge on any atom is -0.326 e. The second-order valence-corrected chi connectivity index (χ2v) is 10.6. The van der Waals surface area contributed by atoms with Crippen LogP contribution in [0.1, 0.15) is 41.1 Å². The molecule has 2 atom stereocenters. The van der Waals surface area contributed by atoms with E-state index in [1.54, 1.807) is 24.3 Å². The van der Waals surface area contributed by atoms with Gasteiger partial charge >= 0.3 is 0 Å². The fraction of sp³-hybridized carbons (Fsp3) is 0.214. The van der Waals surface area contributed by atoms with Gasteiger partial charge in [0.05, 0.1) is 11.8 Å². The zero-order chi connectivity index (χ0) is 25.2. The standard InChI is InChI=1S/C28H25ClN4O2S/c1-17-6-10-19(11-7-17)23-15-24(20-12-8-18(2)9-13-20)33(32-23)28-31-27(35)25(36-28)16-26(34)30-22-5-3-4-21(29)14-22/h3-14,24-25H,15-16H2,1-2H3,(H,30,34). The van der Waals surface area contributed by atoms with Crippen LogP contribution in [0.3, 0.4) is 0 Å². The highest BCUT2D eigenvalue weighted by molar-refractivity contribution is 8.15. The number of aliphatic imine (C=N–C) groups is 1. The summed E-state index contributed by atoms with van der Waals surface area (Å²) in [4.78, 5) is 29.7. The maximum Gasteiger partial charge on any atom is 0.262 e. The number of carbonyl (C=O) groups is 2. The number of hydrazone groups is 1. The molecule has 0 bridgehead atoms. The van der Waals surface area contributed by atoms with Crippen molar-refractivity contribution in [2.75, 3.05) is 5.32 Å². The molecular formula is C28H25ClN4O2S. The minimum absolute atomic E-state index is 0.0145. The number of halogens is 1. The molecule has 36 heavy (non-hydrogen) atoms. The van der Waals surface area contributed by atoms with Crippen LogP contribution in [0.4, 0.5) is 5.69 Å². The lowest BCUT2D eigenvalue weighted by Crippen LogP contribution is -2.25. The molecule has 2 aliphatic rings. The van der Waals surface area contributed by atoms with E-state index in [1.165, 1.54) is 22.9 Å². The van der Waals surface area contributed by atoms with Crippen LogP contribution in [-0.2, 0) is 9.59 Å². The first-order valence-corrected chi connectivity index (χ1v) is 13.0. The Balaban J connectivity index is 1.35. The van der Waals surface area contributed by atoms with Crippen LogP contribution >= 0.6 is 23.4 Å². The van der Waals surface area contributed by atoms with Crippen molar-refractivity contribution in [1.29, 1.82) is 0 Å². The molecule has 0 aromatic heterocycles. The van der Waals surface area contributed by atoms with Crippen LogP contribution in [0.2, 0.25) is 5.02 Å². The first kappa shape index (κ1) is 24.3. The number of amides is 2. The lowest BCUT2D eigenvalue weighted by Gasteiger charge is -2.23. The number of amidine groups is 1. The molecule has 3 aromatic carbocycles. The summed E-state index contributed by atoms with van der Waals surface area (Å²) >= 11 is 7.30. The topological polar surface area (TPSA) is 74.1 Å². The summed E-state index contributed by atoms with van der Waals surface area (Å²) in [5, 5.41) is 10.0. The van der Waals surface area contributed by atoms with Gasteiger partial charge in [0, 0.05) is 23.6 Å². The van der Waals surface area contributed by atoms with Gasteiger partial charge in [0.1, 0.15) is 5.25 Å². The Labute approximate surface area is 219 Å². The lowest BCUT2D eigenvalue weighted by molar-refractivity contribution is -0.121. The van der Waals surface area contributed by atoms with Gasteiger partial charge in [-0.2, -0.15) is 10.1 Å². The molecule has 8 heteroatoms. The molecule has 1 N–H and O–H groups in total. The van der Waals surface area contributed by atoms with Crippen molar-refractivity contribution in [2.45, 2.75) is 38.0 Å². The molecule has 2 amide bonds. The smallest absolute Gasteiger partial charge is 0.262 e. The van der Waals surface area contributed by atoms with E-state index in [1.807, 2.05) is 5.01 Å². The molecule has 0 fully saturated rings. The number of nitrogens with zero attached hydrogens (tertiary/aromatic N) is 3. The second-order valence-electron chi connectivity index (χ2n) is 8.99. The molecule has 2 unspecified atom stereocenters. The molecule has 5 rings (SSSR count). The number of aryl methyl sites for hydroxylation is 2. The quantitative estimate of drug-likeness (QED) is 0.442. The predicted octanol–water partition coefficient (Wildman–Crippen LogP) is 6.13. The molecule has 3 aromatic rings. The summed E-state index contributed by atoms with van der Waals surface area (Å²) in [6, 6.07) is 23.5. The summed E-state index contributed by atoms with van der Waals surface area (Å²) in [6.45, 7) is 4.11. The third kappa shape index (κ3) is 5.37. The number of nitrogens with one attached hydrogen (secondary N) is 1. The first-order chi connectivity index (χ1) is 17.4. The van der Waals surface area contributed by atoms with Gasteiger partial charge in [-0.1, -0.05) is 89.1 Å². The summed E-state index contributed by atoms with van der Waals surface area (Å²) in [5.41, 5.74) is 6.05. The minimum atomic E-state index is -0.600. The van der Waals surface area contributed by atoms with Crippen LogP contribution in [0, 0.1) is 13.8 Å². The number of hydrogen-bond acceptors (Lipinski definition) is 5. The number of benzene rings is 3. The molecule has 0 spiro atoms. The van der Waals surface area contributed by atoms with Gasteiger partial charge in [0.2, 0.25) is 5.91 Å². The summed E-state index contributed by atoms with van der Waals surface area (Å²) < 4.78 is 0. The largest absolute Gasteiger partial charge is 0.326 e. The van der Waals surface area contributed by atoms with Crippen molar-refractivity contribution in [3.63, 3.8) is 0 Å². The van der Waals surface area contributed by atoms with Gasteiger partial charge in [-0.3, -0.25) is 9.59 Å². The van der Waals surface area contributed by atoms with Crippen LogP contribution in [0.5, 0.6) is 0 Å². The molecular weight excluding hydrogens is 492 g/mol. The van der Waals surface area contributed by atoms with E-state index in [2.05, 4.69) is 72.7 Å². The van der Waals surface area contributed by atoms with Crippen molar-refractivity contribution in [3.05, 3.63) is 100 Å². The Morgan fingerprint density at radius 3 is 2.44 bits per heavy atom. The number of rotatable bonds is 5. The number of carbonyl (C=O) groups excluding carboxylic acids is 2. The van der Waals surface area contributed by atoms with E-state index >= 15 is 0 Å². The molecule has 6 nitrogen and oxygen atoms in total. The number of thioether (sulfide) groups is 1. The summed E-state index contributed by atoms with van der Waals surface area (Å²) in [5.74, 6) is -0.585. The summed E-state index contributed by atoms with van der Waals surface area (Å²) in [6.07, 6.45) is 0.709. The highest BCUT2D eigenvalue weighted by Crippen LogP contribution is 2.38. The van der Waals surface area contributed by atoms with Crippen LogP contribution in [0.15, 0.2) is 82.9 Å². The van der Waals surface area contributed by atoms with E-state index in [9.17, 15) is 9.59 Å². The van der Waals surface area contributed by atoms with Gasteiger partial charge in [-0.25, -0.2) is 5.01 Å². The third-order valence-corrected chi connectivity index (χ3v) is 7.54.